The van der Waals surface area contributed by atoms with Gasteiger partial charge in [0.15, 0.2) is 11.4 Å². The Kier molecular flexibility index (Phi) is 4.77. The van der Waals surface area contributed by atoms with E-state index in [1.54, 1.807) is 6.07 Å². The van der Waals surface area contributed by atoms with Crippen molar-refractivity contribution in [1.82, 2.24) is 15.1 Å². The fourth-order valence-corrected chi connectivity index (χ4v) is 1.80. The number of halogens is 1. The van der Waals surface area contributed by atoms with Crippen molar-refractivity contribution in [3.8, 4) is 11.4 Å². The van der Waals surface area contributed by atoms with Crippen LogP contribution in [-0.4, -0.2) is 38.5 Å². The van der Waals surface area contributed by atoms with Gasteiger partial charge in [-0.2, -0.15) is 5.10 Å². The van der Waals surface area contributed by atoms with E-state index in [0.29, 0.717) is 0 Å². The molecule has 0 aliphatic heterocycles. The van der Waals surface area contributed by atoms with E-state index in [0.717, 1.165) is 10.9 Å². The second-order valence-corrected chi connectivity index (χ2v) is 5.28. The Bertz CT molecular complexity index is 670. The molecule has 0 radical (unpaired) electrons. The summed E-state index contributed by atoms with van der Waals surface area (Å²) >= 11 is 0. The number of amides is 1. The zero-order valence-corrected chi connectivity index (χ0v) is 12.3. The van der Waals surface area contributed by atoms with Crippen molar-refractivity contribution >= 4 is 5.91 Å². The van der Waals surface area contributed by atoms with Gasteiger partial charge in [0, 0.05) is 6.54 Å². The van der Waals surface area contributed by atoms with Crippen LogP contribution in [0.2, 0.25) is 0 Å². The molecule has 0 fully saturated rings. The van der Waals surface area contributed by atoms with Gasteiger partial charge in [-0.25, -0.2) is 9.07 Å². The van der Waals surface area contributed by atoms with Gasteiger partial charge >= 0.3 is 0 Å². The van der Waals surface area contributed by atoms with Crippen molar-refractivity contribution < 1.29 is 19.4 Å². The molecule has 1 amide bonds. The lowest BCUT2D eigenvalue weighted by molar-refractivity contribution is 0.0864. The lowest BCUT2D eigenvalue weighted by Crippen LogP contribution is -2.35. The third-order valence-electron chi connectivity index (χ3n) is 3.25. The molecule has 1 unspecified atom stereocenters. The van der Waals surface area contributed by atoms with Gasteiger partial charge in [0.1, 0.15) is 11.5 Å². The van der Waals surface area contributed by atoms with Crippen molar-refractivity contribution in [2.24, 2.45) is 5.92 Å². The summed E-state index contributed by atoms with van der Waals surface area (Å²) in [6.45, 7) is 3.69. The monoisotopic (exact) mass is 307 g/mol. The normalized spacial score (nSPS) is 12.4. The van der Waals surface area contributed by atoms with E-state index >= 15 is 0 Å². The van der Waals surface area contributed by atoms with Crippen LogP contribution in [0.5, 0.6) is 5.75 Å². The Morgan fingerprint density at radius 1 is 1.41 bits per heavy atom. The molecule has 0 bridgehead atoms. The Morgan fingerprint density at radius 2 is 2.09 bits per heavy atom. The third kappa shape index (κ3) is 3.43. The number of aliphatic hydroxyl groups is 1. The number of nitrogens with zero attached hydrogens (tertiary/aromatic N) is 2. The van der Waals surface area contributed by atoms with Gasteiger partial charge in [0.25, 0.3) is 5.91 Å². The maximum Gasteiger partial charge on any atom is 0.275 e. The summed E-state index contributed by atoms with van der Waals surface area (Å²) in [5.74, 6) is -1.52. The van der Waals surface area contributed by atoms with Crippen LogP contribution in [0.3, 0.4) is 0 Å². The molecule has 3 N–H and O–H groups in total. The predicted octanol–water partition coefficient (Wildman–Crippen LogP) is 1.46. The number of carbonyl (C=O) groups is 1. The largest absolute Gasteiger partial charge is 0.504 e. The number of rotatable bonds is 5. The number of benzene rings is 1. The zero-order valence-electron chi connectivity index (χ0n) is 12.3. The highest BCUT2D eigenvalue weighted by Gasteiger charge is 2.19. The van der Waals surface area contributed by atoms with Crippen LogP contribution in [0.1, 0.15) is 24.3 Å². The predicted molar refractivity (Wildman–Crippen MR) is 78.4 cm³/mol. The first kappa shape index (κ1) is 16.0. The third-order valence-corrected chi connectivity index (χ3v) is 3.25. The summed E-state index contributed by atoms with van der Waals surface area (Å²) in [5.41, 5.74) is -0.0988. The van der Waals surface area contributed by atoms with Gasteiger partial charge in [0.2, 0.25) is 0 Å². The number of carbonyl (C=O) groups excluding carboxylic acids is 1. The van der Waals surface area contributed by atoms with Crippen molar-refractivity contribution in [3.63, 3.8) is 0 Å². The topological polar surface area (TPSA) is 87.4 Å². The van der Waals surface area contributed by atoms with Gasteiger partial charge in [-0.3, -0.25) is 4.79 Å². The summed E-state index contributed by atoms with van der Waals surface area (Å²) in [5, 5.41) is 25.8. The minimum absolute atomic E-state index is 0.00938. The fraction of sp³-hybridized carbons (Fsp3) is 0.333. The van der Waals surface area contributed by atoms with Gasteiger partial charge in [0.05, 0.1) is 12.3 Å². The summed E-state index contributed by atoms with van der Waals surface area (Å²) < 4.78 is 14.8. The standard InChI is InChI=1S/C15H18FN3O3/c1-9(2)12(20)7-17-15(22)14-13(21)8-19(18-14)11-6-4-3-5-10(11)16/h3-6,8-9,12,20-21H,7H2,1-2H3,(H,17,22). The van der Waals surface area contributed by atoms with Crippen LogP contribution in [0, 0.1) is 11.7 Å². The first-order chi connectivity index (χ1) is 10.4. The Morgan fingerprint density at radius 3 is 2.73 bits per heavy atom. The average Bonchev–Trinajstić information content (AvgIpc) is 2.86. The Hall–Kier alpha value is -2.41. The highest BCUT2D eigenvalue weighted by Crippen LogP contribution is 2.19. The second-order valence-electron chi connectivity index (χ2n) is 5.28. The highest BCUT2D eigenvalue weighted by molar-refractivity contribution is 5.94. The minimum Gasteiger partial charge on any atom is -0.504 e. The van der Waals surface area contributed by atoms with Gasteiger partial charge < -0.3 is 15.5 Å². The summed E-state index contributed by atoms with van der Waals surface area (Å²) in [6, 6.07) is 5.89. The molecule has 0 aliphatic rings. The van der Waals surface area contributed by atoms with Crippen molar-refractivity contribution in [1.29, 1.82) is 0 Å². The molecule has 0 saturated heterocycles. The van der Waals surface area contributed by atoms with E-state index in [9.17, 15) is 19.4 Å². The molecule has 1 aromatic carbocycles. The van der Waals surface area contributed by atoms with E-state index < -0.39 is 17.8 Å². The number of hydrogen-bond donors (Lipinski definition) is 3. The maximum atomic E-state index is 13.7. The molecule has 1 atom stereocenters. The lowest BCUT2D eigenvalue weighted by Gasteiger charge is -2.14. The van der Waals surface area contributed by atoms with E-state index in [-0.39, 0.29) is 29.6 Å². The Balaban J connectivity index is 2.16. The summed E-state index contributed by atoms with van der Waals surface area (Å²) in [4.78, 5) is 12.0. The SMILES string of the molecule is CC(C)C(O)CNC(=O)c1nn(-c2ccccc2F)cc1O. The number of aromatic nitrogens is 2. The first-order valence-corrected chi connectivity index (χ1v) is 6.90. The molecule has 6 nitrogen and oxygen atoms in total. The molecule has 118 valence electrons. The number of nitrogens with one attached hydrogen (secondary N) is 1. The summed E-state index contributed by atoms with van der Waals surface area (Å²) in [6.07, 6.45) is 0.464. The van der Waals surface area contributed by atoms with E-state index in [2.05, 4.69) is 10.4 Å². The van der Waals surface area contributed by atoms with Crippen LogP contribution in [0.4, 0.5) is 4.39 Å². The molecule has 22 heavy (non-hydrogen) atoms. The molecule has 0 spiro atoms. The summed E-state index contributed by atoms with van der Waals surface area (Å²) in [7, 11) is 0. The number of aliphatic hydroxyl groups excluding tert-OH is 1. The molecule has 1 aromatic heterocycles. The molecular weight excluding hydrogens is 289 g/mol. The van der Waals surface area contributed by atoms with Crippen LogP contribution < -0.4 is 5.32 Å². The van der Waals surface area contributed by atoms with Crippen LogP contribution in [0.15, 0.2) is 30.5 Å². The van der Waals surface area contributed by atoms with Gasteiger partial charge in [-0.05, 0) is 18.1 Å². The van der Waals surface area contributed by atoms with Gasteiger partial charge in [-0.1, -0.05) is 26.0 Å². The van der Waals surface area contributed by atoms with E-state index in [1.807, 2.05) is 13.8 Å². The smallest absolute Gasteiger partial charge is 0.275 e. The van der Waals surface area contributed by atoms with Gasteiger partial charge in [-0.15, -0.1) is 0 Å². The van der Waals surface area contributed by atoms with E-state index in [4.69, 9.17) is 0 Å². The maximum absolute atomic E-state index is 13.7. The van der Waals surface area contributed by atoms with Crippen molar-refractivity contribution in [2.45, 2.75) is 20.0 Å². The molecular formula is C15H18FN3O3. The molecule has 1 heterocycles. The van der Waals surface area contributed by atoms with Crippen molar-refractivity contribution in [2.75, 3.05) is 6.54 Å². The fourth-order valence-electron chi connectivity index (χ4n) is 1.80. The van der Waals surface area contributed by atoms with Crippen LogP contribution in [-0.2, 0) is 0 Å². The molecule has 0 aliphatic carbocycles. The first-order valence-electron chi connectivity index (χ1n) is 6.90. The zero-order chi connectivity index (χ0) is 16.3. The van der Waals surface area contributed by atoms with Crippen LogP contribution >= 0.6 is 0 Å². The average molecular weight is 307 g/mol. The lowest BCUT2D eigenvalue weighted by atomic mass is 10.1. The molecule has 7 heteroatoms. The molecule has 0 saturated carbocycles. The number of hydrogen-bond acceptors (Lipinski definition) is 4. The molecule has 2 aromatic rings. The number of aromatic hydroxyl groups is 1. The number of para-hydroxylation sites is 1. The second kappa shape index (κ2) is 6.57. The van der Waals surface area contributed by atoms with E-state index in [1.165, 1.54) is 18.2 Å². The molecule has 2 rings (SSSR count). The quantitative estimate of drug-likeness (QED) is 0.780. The van der Waals surface area contributed by atoms with Crippen LogP contribution in [0.25, 0.3) is 5.69 Å². The van der Waals surface area contributed by atoms with Crippen molar-refractivity contribution in [3.05, 3.63) is 42.0 Å². The minimum atomic E-state index is -0.695. The highest BCUT2D eigenvalue weighted by atomic mass is 19.1. The Labute approximate surface area is 127 Å².